The summed E-state index contributed by atoms with van der Waals surface area (Å²) in [6.07, 6.45) is 0.428. The van der Waals surface area contributed by atoms with Crippen molar-refractivity contribution in [3.8, 4) is 0 Å². The van der Waals surface area contributed by atoms with Gasteiger partial charge in [-0.3, -0.25) is 14.9 Å². The standard InChI is InChI=1S/C10H17NO3/c1-6(5-14-3)8-4-9(12)11-10(13)7(8)2/h6-8H,4-5H2,1-3H3,(H,11,12,13). The van der Waals surface area contributed by atoms with E-state index >= 15 is 0 Å². The Kier molecular flexibility index (Phi) is 3.63. The zero-order valence-corrected chi connectivity index (χ0v) is 8.87. The predicted octanol–water partition coefficient (Wildman–Crippen LogP) is 0.568. The first-order valence-electron chi connectivity index (χ1n) is 4.89. The summed E-state index contributed by atoms with van der Waals surface area (Å²) in [6, 6.07) is 0. The first-order chi connectivity index (χ1) is 6.56. The summed E-state index contributed by atoms with van der Waals surface area (Å²) >= 11 is 0. The van der Waals surface area contributed by atoms with E-state index in [4.69, 9.17) is 4.74 Å². The molecular weight excluding hydrogens is 182 g/mol. The number of amides is 2. The third-order valence-corrected chi connectivity index (χ3v) is 2.90. The highest BCUT2D eigenvalue weighted by Gasteiger charge is 2.35. The summed E-state index contributed by atoms with van der Waals surface area (Å²) in [5.74, 6) is -0.0747. The number of rotatable bonds is 3. The molecule has 14 heavy (non-hydrogen) atoms. The van der Waals surface area contributed by atoms with Gasteiger partial charge in [0, 0.05) is 26.1 Å². The summed E-state index contributed by atoms with van der Waals surface area (Å²) in [6.45, 7) is 4.46. The molecule has 0 aromatic heterocycles. The zero-order chi connectivity index (χ0) is 10.7. The predicted molar refractivity (Wildman–Crippen MR) is 51.5 cm³/mol. The van der Waals surface area contributed by atoms with E-state index in [0.29, 0.717) is 13.0 Å². The molecule has 1 saturated heterocycles. The second-order valence-corrected chi connectivity index (χ2v) is 4.00. The van der Waals surface area contributed by atoms with Gasteiger partial charge in [-0.25, -0.2) is 0 Å². The first kappa shape index (κ1) is 11.2. The molecule has 1 aliphatic rings. The number of hydrogen-bond donors (Lipinski definition) is 1. The Labute approximate surface area is 84.0 Å². The van der Waals surface area contributed by atoms with Gasteiger partial charge in [-0.2, -0.15) is 0 Å². The van der Waals surface area contributed by atoms with Crippen LogP contribution in [0.1, 0.15) is 20.3 Å². The van der Waals surface area contributed by atoms with Crippen LogP contribution >= 0.6 is 0 Å². The van der Waals surface area contributed by atoms with Crippen molar-refractivity contribution >= 4 is 11.8 Å². The van der Waals surface area contributed by atoms with E-state index in [-0.39, 0.29) is 29.6 Å². The van der Waals surface area contributed by atoms with Gasteiger partial charge in [0.05, 0.1) is 0 Å². The van der Waals surface area contributed by atoms with Gasteiger partial charge < -0.3 is 4.74 Å². The SMILES string of the molecule is COCC(C)C1CC(=O)NC(=O)C1C. The van der Waals surface area contributed by atoms with Crippen molar-refractivity contribution in [2.24, 2.45) is 17.8 Å². The summed E-state index contributed by atoms with van der Waals surface area (Å²) in [5, 5.41) is 2.34. The largest absolute Gasteiger partial charge is 0.384 e. The lowest BCUT2D eigenvalue weighted by Gasteiger charge is -2.31. The fourth-order valence-electron chi connectivity index (χ4n) is 1.97. The van der Waals surface area contributed by atoms with E-state index in [2.05, 4.69) is 5.32 Å². The number of carbonyl (C=O) groups excluding carboxylic acids is 2. The van der Waals surface area contributed by atoms with E-state index < -0.39 is 0 Å². The molecule has 0 radical (unpaired) electrons. The van der Waals surface area contributed by atoms with Gasteiger partial charge in [0.15, 0.2) is 0 Å². The molecule has 1 fully saturated rings. The molecule has 80 valence electrons. The molecule has 0 aliphatic carbocycles. The summed E-state index contributed by atoms with van der Waals surface area (Å²) < 4.78 is 5.03. The molecule has 1 aliphatic heterocycles. The highest BCUT2D eigenvalue weighted by Crippen LogP contribution is 2.27. The second-order valence-electron chi connectivity index (χ2n) is 4.00. The molecule has 4 nitrogen and oxygen atoms in total. The number of nitrogens with one attached hydrogen (secondary N) is 1. The molecule has 3 atom stereocenters. The minimum Gasteiger partial charge on any atom is -0.384 e. The maximum atomic E-state index is 11.4. The molecule has 2 amide bonds. The fourth-order valence-corrected chi connectivity index (χ4v) is 1.97. The van der Waals surface area contributed by atoms with Crippen LogP contribution in [0.3, 0.4) is 0 Å². The van der Waals surface area contributed by atoms with Crippen molar-refractivity contribution in [3.05, 3.63) is 0 Å². The average molecular weight is 199 g/mol. The Balaban J connectivity index is 2.65. The molecule has 3 unspecified atom stereocenters. The van der Waals surface area contributed by atoms with Gasteiger partial charge in [0.25, 0.3) is 0 Å². The molecule has 0 aromatic carbocycles. The average Bonchev–Trinajstić information content (AvgIpc) is 2.11. The van der Waals surface area contributed by atoms with Crippen molar-refractivity contribution in [2.45, 2.75) is 20.3 Å². The number of imide groups is 1. The van der Waals surface area contributed by atoms with Gasteiger partial charge in [0.1, 0.15) is 0 Å². The Morgan fingerprint density at radius 2 is 2.21 bits per heavy atom. The first-order valence-corrected chi connectivity index (χ1v) is 4.89. The van der Waals surface area contributed by atoms with Crippen LogP contribution in [0, 0.1) is 17.8 Å². The van der Waals surface area contributed by atoms with Gasteiger partial charge in [-0.1, -0.05) is 13.8 Å². The third-order valence-electron chi connectivity index (χ3n) is 2.90. The van der Waals surface area contributed by atoms with Gasteiger partial charge in [-0.15, -0.1) is 0 Å². The van der Waals surface area contributed by atoms with Crippen molar-refractivity contribution in [1.82, 2.24) is 5.32 Å². The van der Waals surface area contributed by atoms with E-state index in [1.165, 1.54) is 0 Å². The lowest BCUT2D eigenvalue weighted by molar-refractivity contribution is -0.140. The highest BCUT2D eigenvalue weighted by atomic mass is 16.5. The maximum Gasteiger partial charge on any atom is 0.229 e. The van der Waals surface area contributed by atoms with E-state index in [9.17, 15) is 9.59 Å². The van der Waals surface area contributed by atoms with Gasteiger partial charge >= 0.3 is 0 Å². The Bertz CT molecular complexity index is 240. The van der Waals surface area contributed by atoms with Crippen molar-refractivity contribution in [1.29, 1.82) is 0 Å². The Morgan fingerprint density at radius 3 is 2.79 bits per heavy atom. The normalized spacial score (nSPS) is 29.9. The number of piperidine rings is 1. The maximum absolute atomic E-state index is 11.4. The number of carbonyl (C=O) groups is 2. The van der Waals surface area contributed by atoms with Crippen molar-refractivity contribution < 1.29 is 14.3 Å². The van der Waals surface area contributed by atoms with Crippen LogP contribution in [0.2, 0.25) is 0 Å². The fraction of sp³-hybridized carbons (Fsp3) is 0.800. The van der Waals surface area contributed by atoms with Crippen LogP contribution in [-0.2, 0) is 14.3 Å². The smallest absolute Gasteiger partial charge is 0.229 e. The summed E-state index contributed by atoms with van der Waals surface area (Å²) in [4.78, 5) is 22.5. The number of hydrogen-bond acceptors (Lipinski definition) is 3. The zero-order valence-electron chi connectivity index (χ0n) is 8.87. The minimum absolute atomic E-state index is 0.0992. The molecule has 1 rings (SSSR count). The van der Waals surface area contributed by atoms with Crippen LogP contribution in [-0.4, -0.2) is 25.5 Å². The molecule has 1 N–H and O–H groups in total. The molecule has 4 heteroatoms. The molecule has 1 heterocycles. The van der Waals surface area contributed by atoms with E-state index in [1.54, 1.807) is 7.11 Å². The van der Waals surface area contributed by atoms with Crippen LogP contribution in [0.15, 0.2) is 0 Å². The van der Waals surface area contributed by atoms with Crippen LogP contribution in [0.5, 0.6) is 0 Å². The van der Waals surface area contributed by atoms with E-state index in [0.717, 1.165) is 0 Å². The topological polar surface area (TPSA) is 55.4 Å². The summed E-state index contributed by atoms with van der Waals surface area (Å²) in [7, 11) is 1.63. The lowest BCUT2D eigenvalue weighted by Crippen LogP contribution is -2.46. The van der Waals surface area contributed by atoms with E-state index in [1.807, 2.05) is 13.8 Å². The minimum atomic E-state index is -0.166. The Hall–Kier alpha value is -0.900. The monoisotopic (exact) mass is 199 g/mol. The van der Waals surface area contributed by atoms with Crippen LogP contribution in [0.4, 0.5) is 0 Å². The number of ether oxygens (including phenoxy) is 1. The van der Waals surface area contributed by atoms with Gasteiger partial charge in [-0.05, 0) is 11.8 Å². The second kappa shape index (κ2) is 4.55. The van der Waals surface area contributed by atoms with Crippen molar-refractivity contribution in [3.63, 3.8) is 0 Å². The molecular formula is C10H17NO3. The highest BCUT2D eigenvalue weighted by molar-refractivity contribution is 5.98. The van der Waals surface area contributed by atoms with Crippen LogP contribution in [0.25, 0.3) is 0 Å². The van der Waals surface area contributed by atoms with Gasteiger partial charge in [0.2, 0.25) is 11.8 Å². The third kappa shape index (κ3) is 2.32. The van der Waals surface area contributed by atoms with Crippen molar-refractivity contribution in [2.75, 3.05) is 13.7 Å². The lowest BCUT2D eigenvalue weighted by atomic mass is 9.78. The quantitative estimate of drug-likeness (QED) is 0.676. The molecule has 0 aromatic rings. The molecule has 0 saturated carbocycles. The molecule has 0 spiro atoms. The number of methoxy groups -OCH3 is 1. The van der Waals surface area contributed by atoms with Crippen LogP contribution < -0.4 is 5.32 Å². The summed E-state index contributed by atoms with van der Waals surface area (Å²) in [5.41, 5.74) is 0. The Morgan fingerprint density at radius 1 is 1.57 bits per heavy atom. The molecule has 0 bridgehead atoms.